The Labute approximate surface area is 93.4 Å². The quantitative estimate of drug-likeness (QED) is 0.624. The molecule has 3 heteroatoms. The van der Waals surface area contributed by atoms with Crippen LogP contribution in [0, 0.1) is 5.92 Å². The molecule has 0 radical (unpaired) electrons. The molecule has 3 atom stereocenters. The maximum absolute atomic E-state index is 9.30. The molecule has 0 amide bonds. The van der Waals surface area contributed by atoms with E-state index in [2.05, 4.69) is 12.2 Å². The van der Waals surface area contributed by atoms with Crippen molar-refractivity contribution in [2.75, 3.05) is 6.54 Å². The van der Waals surface area contributed by atoms with E-state index in [9.17, 15) is 5.11 Å². The van der Waals surface area contributed by atoms with Crippen LogP contribution in [0.1, 0.15) is 46.0 Å². The summed E-state index contributed by atoms with van der Waals surface area (Å²) in [5, 5.41) is 12.9. The van der Waals surface area contributed by atoms with E-state index in [0.29, 0.717) is 12.1 Å². The van der Waals surface area contributed by atoms with Gasteiger partial charge in [0, 0.05) is 18.6 Å². The summed E-state index contributed by atoms with van der Waals surface area (Å²) in [6.45, 7) is 4.68. The first-order chi connectivity index (χ1) is 7.13. The molecule has 0 heterocycles. The van der Waals surface area contributed by atoms with Crippen LogP contribution in [0.25, 0.3) is 0 Å². The molecule has 1 rings (SSSR count). The SMILES string of the molecule is CC(O)CC(C)NC(CN)C1CCCC1. The first-order valence-corrected chi connectivity index (χ1v) is 6.27. The van der Waals surface area contributed by atoms with E-state index in [1.54, 1.807) is 0 Å². The Kier molecular flexibility index (Phi) is 5.58. The third-order valence-corrected chi connectivity index (χ3v) is 3.42. The summed E-state index contributed by atoms with van der Waals surface area (Å²) in [7, 11) is 0. The Morgan fingerprint density at radius 3 is 2.40 bits per heavy atom. The lowest BCUT2D eigenvalue weighted by atomic mass is 9.97. The molecular weight excluding hydrogens is 188 g/mol. The highest BCUT2D eigenvalue weighted by Crippen LogP contribution is 2.27. The molecule has 1 saturated carbocycles. The first kappa shape index (κ1) is 12.9. The molecular formula is C12H26N2O. The van der Waals surface area contributed by atoms with Gasteiger partial charge in [-0.1, -0.05) is 12.8 Å². The smallest absolute Gasteiger partial charge is 0.0526 e. The molecule has 90 valence electrons. The van der Waals surface area contributed by atoms with Crippen LogP contribution in [-0.2, 0) is 0 Å². The first-order valence-electron chi connectivity index (χ1n) is 6.27. The van der Waals surface area contributed by atoms with Crippen LogP contribution in [0.4, 0.5) is 0 Å². The molecule has 3 nitrogen and oxygen atoms in total. The topological polar surface area (TPSA) is 58.3 Å². The molecule has 0 aromatic rings. The van der Waals surface area contributed by atoms with Gasteiger partial charge in [0.2, 0.25) is 0 Å². The molecule has 1 aliphatic rings. The van der Waals surface area contributed by atoms with Gasteiger partial charge in [0.1, 0.15) is 0 Å². The zero-order valence-corrected chi connectivity index (χ0v) is 10.1. The van der Waals surface area contributed by atoms with E-state index in [0.717, 1.165) is 18.9 Å². The maximum atomic E-state index is 9.30. The second-order valence-electron chi connectivity index (χ2n) is 5.04. The van der Waals surface area contributed by atoms with Crippen molar-refractivity contribution in [2.45, 2.75) is 64.1 Å². The fourth-order valence-electron chi connectivity index (χ4n) is 2.70. The largest absolute Gasteiger partial charge is 0.393 e. The number of nitrogens with two attached hydrogens (primary N) is 1. The Hall–Kier alpha value is -0.120. The van der Waals surface area contributed by atoms with E-state index in [-0.39, 0.29) is 6.10 Å². The Morgan fingerprint density at radius 2 is 1.93 bits per heavy atom. The molecule has 0 bridgehead atoms. The standard InChI is InChI=1S/C12H26N2O/c1-9(7-10(2)15)14-12(8-13)11-5-3-4-6-11/h9-12,14-15H,3-8,13H2,1-2H3. The van der Waals surface area contributed by atoms with Crippen molar-refractivity contribution in [2.24, 2.45) is 11.7 Å². The minimum Gasteiger partial charge on any atom is -0.393 e. The molecule has 0 saturated heterocycles. The van der Waals surface area contributed by atoms with Gasteiger partial charge in [-0.25, -0.2) is 0 Å². The molecule has 0 aromatic carbocycles. The number of aliphatic hydroxyl groups is 1. The van der Waals surface area contributed by atoms with E-state index in [4.69, 9.17) is 5.73 Å². The molecule has 4 N–H and O–H groups in total. The van der Waals surface area contributed by atoms with Crippen molar-refractivity contribution < 1.29 is 5.11 Å². The Bertz CT molecular complexity index is 167. The van der Waals surface area contributed by atoms with Crippen LogP contribution < -0.4 is 11.1 Å². The molecule has 0 aliphatic heterocycles. The van der Waals surface area contributed by atoms with Crippen molar-refractivity contribution in [3.05, 3.63) is 0 Å². The Balaban J connectivity index is 2.31. The van der Waals surface area contributed by atoms with Gasteiger partial charge in [-0.05, 0) is 39.0 Å². The van der Waals surface area contributed by atoms with Crippen molar-refractivity contribution >= 4 is 0 Å². The molecule has 0 spiro atoms. The average Bonchev–Trinajstić information content (AvgIpc) is 2.65. The van der Waals surface area contributed by atoms with Crippen molar-refractivity contribution in [3.63, 3.8) is 0 Å². The number of hydrogen-bond donors (Lipinski definition) is 3. The molecule has 0 aromatic heterocycles. The fourth-order valence-corrected chi connectivity index (χ4v) is 2.70. The van der Waals surface area contributed by atoms with Crippen molar-refractivity contribution in [3.8, 4) is 0 Å². The zero-order chi connectivity index (χ0) is 11.3. The summed E-state index contributed by atoms with van der Waals surface area (Å²) < 4.78 is 0. The highest BCUT2D eigenvalue weighted by molar-refractivity contribution is 4.83. The highest BCUT2D eigenvalue weighted by atomic mass is 16.3. The number of aliphatic hydroxyl groups excluding tert-OH is 1. The van der Waals surface area contributed by atoms with Crippen LogP contribution >= 0.6 is 0 Å². The summed E-state index contributed by atoms with van der Waals surface area (Å²) in [4.78, 5) is 0. The second-order valence-corrected chi connectivity index (χ2v) is 5.04. The lowest BCUT2D eigenvalue weighted by Crippen LogP contribution is -2.46. The van der Waals surface area contributed by atoms with Gasteiger partial charge >= 0.3 is 0 Å². The van der Waals surface area contributed by atoms with Gasteiger partial charge in [-0.3, -0.25) is 0 Å². The van der Waals surface area contributed by atoms with Gasteiger partial charge in [0.25, 0.3) is 0 Å². The van der Waals surface area contributed by atoms with Gasteiger partial charge in [-0.2, -0.15) is 0 Å². The summed E-state index contributed by atoms with van der Waals surface area (Å²) in [6.07, 6.45) is 5.92. The van der Waals surface area contributed by atoms with E-state index >= 15 is 0 Å². The monoisotopic (exact) mass is 214 g/mol. The normalized spacial score (nSPS) is 24.0. The molecule has 3 unspecified atom stereocenters. The van der Waals surface area contributed by atoms with Gasteiger partial charge in [0.05, 0.1) is 6.10 Å². The number of rotatable bonds is 6. The van der Waals surface area contributed by atoms with Crippen LogP contribution in [0.3, 0.4) is 0 Å². The predicted molar refractivity (Wildman–Crippen MR) is 63.7 cm³/mol. The van der Waals surface area contributed by atoms with Crippen LogP contribution in [-0.4, -0.2) is 29.8 Å². The molecule has 1 aliphatic carbocycles. The van der Waals surface area contributed by atoms with Crippen molar-refractivity contribution in [1.82, 2.24) is 5.32 Å². The van der Waals surface area contributed by atoms with E-state index in [1.807, 2.05) is 6.92 Å². The Morgan fingerprint density at radius 1 is 1.33 bits per heavy atom. The van der Waals surface area contributed by atoms with Gasteiger partial charge in [-0.15, -0.1) is 0 Å². The minimum absolute atomic E-state index is 0.227. The van der Waals surface area contributed by atoms with E-state index < -0.39 is 0 Å². The lowest BCUT2D eigenvalue weighted by Gasteiger charge is -2.27. The van der Waals surface area contributed by atoms with E-state index in [1.165, 1.54) is 25.7 Å². The average molecular weight is 214 g/mol. The third-order valence-electron chi connectivity index (χ3n) is 3.42. The van der Waals surface area contributed by atoms with Gasteiger partial charge in [0.15, 0.2) is 0 Å². The number of hydrogen-bond acceptors (Lipinski definition) is 3. The summed E-state index contributed by atoms with van der Waals surface area (Å²) in [5.74, 6) is 0.756. The summed E-state index contributed by atoms with van der Waals surface area (Å²) >= 11 is 0. The van der Waals surface area contributed by atoms with Crippen LogP contribution in [0.2, 0.25) is 0 Å². The minimum atomic E-state index is -0.227. The van der Waals surface area contributed by atoms with Gasteiger partial charge < -0.3 is 16.2 Å². The zero-order valence-electron chi connectivity index (χ0n) is 10.1. The lowest BCUT2D eigenvalue weighted by molar-refractivity contribution is 0.164. The number of nitrogens with one attached hydrogen (secondary N) is 1. The van der Waals surface area contributed by atoms with Crippen LogP contribution in [0.15, 0.2) is 0 Å². The highest BCUT2D eigenvalue weighted by Gasteiger charge is 2.24. The molecule has 15 heavy (non-hydrogen) atoms. The van der Waals surface area contributed by atoms with Crippen molar-refractivity contribution in [1.29, 1.82) is 0 Å². The predicted octanol–water partition coefficient (Wildman–Crippen LogP) is 1.25. The summed E-state index contributed by atoms with van der Waals surface area (Å²) in [5.41, 5.74) is 5.81. The fraction of sp³-hybridized carbons (Fsp3) is 1.00. The maximum Gasteiger partial charge on any atom is 0.0526 e. The van der Waals surface area contributed by atoms with Crippen LogP contribution in [0.5, 0.6) is 0 Å². The molecule has 1 fully saturated rings. The second kappa shape index (κ2) is 6.46. The third kappa shape index (κ3) is 4.49. The summed E-state index contributed by atoms with van der Waals surface area (Å²) in [6, 6.07) is 0.806.